The maximum absolute atomic E-state index is 10.7. The fraction of sp³-hybridized carbons (Fsp3) is 1.00. The van der Waals surface area contributed by atoms with E-state index in [-0.39, 0.29) is 0 Å². The highest BCUT2D eigenvalue weighted by atomic mass is 32.3. The van der Waals surface area contributed by atoms with Crippen molar-refractivity contribution in [1.29, 1.82) is 0 Å². The van der Waals surface area contributed by atoms with Crippen molar-refractivity contribution in [2.45, 2.75) is 0 Å². The molecule has 0 saturated heterocycles. The zero-order chi connectivity index (χ0) is 8.41. The molecule has 64 valence electrons. The molecular weight excluding hydrogens is 168 g/mol. The van der Waals surface area contributed by atoms with E-state index in [1.807, 2.05) is 0 Å². The van der Waals surface area contributed by atoms with E-state index in [9.17, 15) is 8.42 Å². The minimum absolute atomic E-state index is 0.339. The Balaban J connectivity index is 3.79. The molecule has 0 fully saturated rings. The van der Waals surface area contributed by atoms with Crippen molar-refractivity contribution in [1.82, 2.24) is 0 Å². The first-order valence-corrected chi connectivity index (χ1v) is 8.13. The molecular formula is C6H16O2S2. The van der Waals surface area contributed by atoms with E-state index in [1.54, 1.807) is 0 Å². The highest BCUT2D eigenvalue weighted by molar-refractivity contribution is 8.32. The van der Waals surface area contributed by atoms with E-state index in [0.29, 0.717) is 5.75 Å². The first-order chi connectivity index (χ1) is 4.21. The molecule has 2 nitrogen and oxygen atoms in total. The molecule has 0 aliphatic rings. The highest BCUT2D eigenvalue weighted by Crippen LogP contribution is 2.33. The normalized spacial score (nSPS) is 15.2. The van der Waals surface area contributed by atoms with Crippen LogP contribution in [0.4, 0.5) is 0 Å². The summed E-state index contributed by atoms with van der Waals surface area (Å²) in [5, 5.41) is 0. The van der Waals surface area contributed by atoms with Gasteiger partial charge in [-0.2, -0.15) is 0 Å². The molecule has 0 aliphatic carbocycles. The predicted octanol–water partition coefficient (Wildman–Crippen LogP) is 0.725. The van der Waals surface area contributed by atoms with Crippen molar-refractivity contribution in [3.05, 3.63) is 0 Å². The fourth-order valence-corrected chi connectivity index (χ4v) is 3.61. The van der Waals surface area contributed by atoms with E-state index in [1.165, 1.54) is 6.26 Å². The van der Waals surface area contributed by atoms with Gasteiger partial charge in [0.05, 0.1) is 5.75 Å². The second kappa shape index (κ2) is 3.13. The van der Waals surface area contributed by atoms with Crippen LogP contribution in [-0.4, -0.2) is 44.9 Å². The Labute approximate surface area is 65.2 Å². The van der Waals surface area contributed by atoms with Crippen molar-refractivity contribution < 1.29 is 8.42 Å². The van der Waals surface area contributed by atoms with Gasteiger partial charge in [0.25, 0.3) is 0 Å². The standard InChI is InChI=1S/C6H16O2S2/c1-9(2,3)5-6-10(4,7)8/h5-6H2,1-4H3. The summed E-state index contributed by atoms with van der Waals surface area (Å²) in [5.74, 6) is 1.16. The topological polar surface area (TPSA) is 34.1 Å². The van der Waals surface area contributed by atoms with E-state index >= 15 is 0 Å². The monoisotopic (exact) mass is 184 g/mol. The van der Waals surface area contributed by atoms with E-state index in [0.717, 1.165) is 5.75 Å². The van der Waals surface area contributed by atoms with E-state index < -0.39 is 19.9 Å². The molecule has 0 aromatic heterocycles. The van der Waals surface area contributed by atoms with Crippen LogP contribution in [0.15, 0.2) is 0 Å². The van der Waals surface area contributed by atoms with Gasteiger partial charge in [0.1, 0.15) is 9.84 Å². The number of hydrogen-bond acceptors (Lipinski definition) is 2. The van der Waals surface area contributed by atoms with Crippen LogP contribution in [-0.2, 0) is 9.84 Å². The maximum Gasteiger partial charge on any atom is 0.148 e. The first-order valence-electron chi connectivity index (χ1n) is 3.04. The molecule has 0 amide bonds. The third-order valence-corrected chi connectivity index (χ3v) is 3.70. The maximum atomic E-state index is 10.7. The van der Waals surface area contributed by atoms with Crippen LogP contribution >= 0.6 is 10.0 Å². The minimum Gasteiger partial charge on any atom is -0.249 e. The van der Waals surface area contributed by atoms with Gasteiger partial charge in [-0.25, -0.2) is 18.4 Å². The SMILES string of the molecule is CS(C)(C)CCS(C)(=O)=O. The summed E-state index contributed by atoms with van der Waals surface area (Å²) in [4.78, 5) is 0. The van der Waals surface area contributed by atoms with Gasteiger partial charge >= 0.3 is 0 Å². The summed E-state index contributed by atoms with van der Waals surface area (Å²) in [6.45, 7) is 0. The van der Waals surface area contributed by atoms with Crippen molar-refractivity contribution >= 4 is 19.9 Å². The molecule has 0 unspecified atom stereocenters. The van der Waals surface area contributed by atoms with Gasteiger partial charge in [-0.05, 0) is 24.5 Å². The van der Waals surface area contributed by atoms with E-state index in [4.69, 9.17) is 0 Å². The fourth-order valence-electron chi connectivity index (χ4n) is 0.401. The zero-order valence-corrected chi connectivity index (χ0v) is 8.68. The Kier molecular flexibility index (Phi) is 3.23. The van der Waals surface area contributed by atoms with Gasteiger partial charge in [-0.15, -0.1) is 0 Å². The molecule has 4 heteroatoms. The largest absolute Gasteiger partial charge is 0.249 e. The molecule has 0 atom stereocenters. The molecule has 0 aromatic rings. The first kappa shape index (κ1) is 10.3. The van der Waals surface area contributed by atoms with Crippen molar-refractivity contribution in [3.8, 4) is 0 Å². The Hall–Kier alpha value is 0.300. The van der Waals surface area contributed by atoms with Gasteiger partial charge in [0, 0.05) is 6.26 Å². The predicted molar refractivity (Wildman–Crippen MR) is 49.9 cm³/mol. The van der Waals surface area contributed by atoms with Crippen LogP contribution in [0.3, 0.4) is 0 Å². The van der Waals surface area contributed by atoms with Crippen LogP contribution in [0.1, 0.15) is 0 Å². The van der Waals surface area contributed by atoms with Gasteiger partial charge in [0.2, 0.25) is 0 Å². The lowest BCUT2D eigenvalue weighted by molar-refractivity contribution is 0.603. The molecule has 0 heterocycles. The lowest BCUT2D eigenvalue weighted by Crippen LogP contribution is -2.11. The summed E-state index contributed by atoms with van der Waals surface area (Å²) >= 11 is 0. The van der Waals surface area contributed by atoms with Crippen molar-refractivity contribution in [2.24, 2.45) is 0 Å². The molecule has 0 aromatic carbocycles. The zero-order valence-electron chi connectivity index (χ0n) is 7.05. The number of rotatable bonds is 3. The van der Waals surface area contributed by atoms with Crippen LogP contribution in [0.5, 0.6) is 0 Å². The Morgan fingerprint density at radius 1 is 0.900 bits per heavy atom. The molecule has 0 bridgehead atoms. The van der Waals surface area contributed by atoms with Gasteiger partial charge in [-0.1, -0.05) is 0 Å². The highest BCUT2D eigenvalue weighted by Gasteiger charge is 2.08. The average Bonchev–Trinajstić information content (AvgIpc) is 1.57. The molecule has 0 aliphatic heterocycles. The Morgan fingerprint density at radius 3 is 1.40 bits per heavy atom. The summed E-state index contributed by atoms with van der Waals surface area (Å²) in [6, 6.07) is 0. The molecule has 0 N–H and O–H groups in total. The summed E-state index contributed by atoms with van der Waals surface area (Å²) in [7, 11) is -3.37. The number of hydrogen-bond donors (Lipinski definition) is 0. The lowest BCUT2D eigenvalue weighted by atomic mass is 11.0. The third-order valence-electron chi connectivity index (χ3n) is 1.07. The second-order valence-corrected chi connectivity index (χ2v) is 10.3. The van der Waals surface area contributed by atoms with Crippen LogP contribution in [0.25, 0.3) is 0 Å². The van der Waals surface area contributed by atoms with Gasteiger partial charge in [0.15, 0.2) is 0 Å². The summed E-state index contributed by atoms with van der Waals surface area (Å²) in [6.07, 6.45) is 7.66. The summed E-state index contributed by atoms with van der Waals surface area (Å²) < 4.78 is 21.4. The summed E-state index contributed by atoms with van der Waals surface area (Å²) in [5.41, 5.74) is 0. The molecule has 0 radical (unpaired) electrons. The van der Waals surface area contributed by atoms with Crippen molar-refractivity contribution in [3.63, 3.8) is 0 Å². The number of sulfone groups is 1. The van der Waals surface area contributed by atoms with Crippen molar-refractivity contribution in [2.75, 3.05) is 36.5 Å². The van der Waals surface area contributed by atoms with Gasteiger partial charge in [-0.3, -0.25) is 0 Å². The van der Waals surface area contributed by atoms with E-state index in [2.05, 4.69) is 18.8 Å². The average molecular weight is 184 g/mol. The van der Waals surface area contributed by atoms with Crippen LogP contribution < -0.4 is 0 Å². The van der Waals surface area contributed by atoms with Crippen LogP contribution in [0.2, 0.25) is 0 Å². The smallest absolute Gasteiger partial charge is 0.148 e. The third kappa shape index (κ3) is 8.30. The molecule has 0 spiro atoms. The Bertz CT molecular complexity index is 186. The quantitative estimate of drug-likeness (QED) is 0.648. The second-order valence-electron chi connectivity index (χ2n) is 3.42. The molecule has 10 heavy (non-hydrogen) atoms. The lowest BCUT2D eigenvalue weighted by Gasteiger charge is -2.23. The molecule has 0 saturated carbocycles. The minimum atomic E-state index is -2.74. The van der Waals surface area contributed by atoms with Crippen LogP contribution in [0, 0.1) is 0 Å². The van der Waals surface area contributed by atoms with Gasteiger partial charge < -0.3 is 0 Å². The molecule has 0 rings (SSSR count). The Morgan fingerprint density at radius 2 is 1.30 bits per heavy atom.